The van der Waals surface area contributed by atoms with E-state index in [1.165, 1.54) is 19.3 Å². The van der Waals surface area contributed by atoms with E-state index < -0.39 is 5.97 Å². The monoisotopic (exact) mass is 301 g/mol. The number of carbonyl (C=O) groups is 1. The number of piperidine rings is 1. The molecule has 0 bridgehead atoms. The van der Waals surface area contributed by atoms with Gasteiger partial charge in [0.2, 0.25) is 0 Å². The molecule has 0 saturated carbocycles. The van der Waals surface area contributed by atoms with Crippen molar-refractivity contribution in [3.8, 4) is 0 Å². The summed E-state index contributed by atoms with van der Waals surface area (Å²) in [7, 11) is 0. The normalized spacial score (nSPS) is 23.0. The van der Waals surface area contributed by atoms with Gasteiger partial charge in [0.05, 0.1) is 17.8 Å². The van der Waals surface area contributed by atoms with Crippen molar-refractivity contribution < 1.29 is 9.90 Å². The van der Waals surface area contributed by atoms with Crippen LogP contribution in [0.25, 0.3) is 5.65 Å². The number of hydrogen-bond acceptors (Lipinski definition) is 3. The summed E-state index contributed by atoms with van der Waals surface area (Å²) in [5.74, 6) is -0.829. The summed E-state index contributed by atoms with van der Waals surface area (Å²) in [5.41, 5.74) is 2.52. The highest BCUT2D eigenvalue weighted by atomic mass is 16.4. The van der Waals surface area contributed by atoms with Gasteiger partial charge in [-0.3, -0.25) is 9.69 Å². The Bertz CT molecular complexity index is 670. The Morgan fingerprint density at radius 1 is 1.32 bits per heavy atom. The number of carboxylic acids is 1. The van der Waals surface area contributed by atoms with Crippen molar-refractivity contribution in [2.75, 3.05) is 0 Å². The third-order valence-electron chi connectivity index (χ3n) is 4.74. The van der Waals surface area contributed by atoms with Crippen LogP contribution in [0.4, 0.5) is 0 Å². The molecule has 1 saturated heterocycles. The molecule has 1 N–H and O–H groups in total. The molecule has 1 fully saturated rings. The first-order chi connectivity index (χ1) is 10.6. The van der Waals surface area contributed by atoms with Crippen molar-refractivity contribution in [1.82, 2.24) is 14.3 Å². The lowest BCUT2D eigenvalue weighted by Gasteiger charge is -2.39. The molecule has 1 aliphatic rings. The average molecular weight is 301 g/mol. The molecule has 22 heavy (non-hydrogen) atoms. The molecule has 5 heteroatoms. The van der Waals surface area contributed by atoms with Gasteiger partial charge in [-0.05, 0) is 38.8 Å². The summed E-state index contributed by atoms with van der Waals surface area (Å²) < 4.78 is 2.03. The second-order valence-electron chi connectivity index (χ2n) is 6.31. The van der Waals surface area contributed by atoms with Gasteiger partial charge in [0.1, 0.15) is 5.65 Å². The van der Waals surface area contributed by atoms with E-state index in [9.17, 15) is 4.79 Å². The minimum absolute atomic E-state index is 0.0202. The number of nitrogens with zero attached hydrogens (tertiary/aromatic N) is 3. The van der Waals surface area contributed by atoms with Gasteiger partial charge in [-0.25, -0.2) is 4.98 Å². The van der Waals surface area contributed by atoms with E-state index in [4.69, 9.17) is 5.11 Å². The number of aliphatic carboxylic acids is 1. The van der Waals surface area contributed by atoms with E-state index in [0.29, 0.717) is 17.8 Å². The smallest absolute Gasteiger partial charge is 0.309 e. The summed E-state index contributed by atoms with van der Waals surface area (Å²) in [6, 6.07) is 6.87. The van der Waals surface area contributed by atoms with Crippen LogP contribution in [0.15, 0.2) is 24.4 Å². The molecule has 5 nitrogen and oxygen atoms in total. The highest BCUT2D eigenvalue weighted by molar-refractivity contribution is 5.70. The predicted octanol–water partition coefficient (Wildman–Crippen LogP) is 2.72. The van der Waals surface area contributed by atoms with E-state index in [1.54, 1.807) is 0 Å². The van der Waals surface area contributed by atoms with Gasteiger partial charge in [0.25, 0.3) is 0 Å². The zero-order valence-corrected chi connectivity index (χ0v) is 13.2. The molecular formula is C17H23N3O2. The fourth-order valence-corrected chi connectivity index (χ4v) is 3.51. The van der Waals surface area contributed by atoms with E-state index in [-0.39, 0.29) is 6.42 Å². The van der Waals surface area contributed by atoms with Crippen LogP contribution in [0.3, 0.4) is 0 Å². The average Bonchev–Trinajstić information content (AvgIpc) is 2.80. The molecule has 3 rings (SSSR count). The molecule has 2 aromatic rings. The quantitative estimate of drug-likeness (QED) is 0.943. The molecule has 118 valence electrons. The molecular weight excluding hydrogens is 278 g/mol. The molecule has 2 aromatic heterocycles. The van der Waals surface area contributed by atoms with Gasteiger partial charge in [-0.2, -0.15) is 0 Å². The van der Waals surface area contributed by atoms with Gasteiger partial charge in [0, 0.05) is 24.8 Å². The molecule has 1 aliphatic heterocycles. The Hall–Kier alpha value is -1.88. The zero-order valence-electron chi connectivity index (χ0n) is 13.2. The topological polar surface area (TPSA) is 57.8 Å². The Morgan fingerprint density at radius 2 is 2.05 bits per heavy atom. The van der Waals surface area contributed by atoms with Crippen LogP contribution in [0.1, 0.15) is 44.5 Å². The lowest BCUT2D eigenvalue weighted by atomic mass is 9.97. The van der Waals surface area contributed by atoms with Crippen LogP contribution in [0.2, 0.25) is 0 Å². The van der Waals surface area contributed by atoms with Crippen molar-refractivity contribution in [1.29, 1.82) is 0 Å². The lowest BCUT2D eigenvalue weighted by Crippen LogP contribution is -2.43. The second-order valence-corrected chi connectivity index (χ2v) is 6.31. The number of aromatic nitrogens is 2. The van der Waals surface area contributed by atoms with Gasteiger partial charge in [-0.1, -0.05) is 12.5 Å². The van der Waals surface area contributed by atoms with Crippen LogP contribution in [0.5, 0.6) is 0 Å². The summed E-state index contributed by atoms with van der Waals surface area (Å²) in [6.07, 6.45) is 5.63. The third-order valence-corrected chi connectivity index (χ3v) is 4.74. The number of fused-ring (bicyclic) bond motifs is 1. The minimum atomic E-state index is -0.829. The molecule has 0 aromatic carbocycles. The van der Waals surface area contributed by atoms with Gasteiger partial charge >= 0.3 is 5.97 Å². The van der Waals surface area contributed by atoms with E-state index >= 15 is 0 Å². The number of rotatable bonds is 4. The highest BCUT2D eigenvalue weighted by Crippen LogP contribution is 2.26. The Kier molecular flexibility index (Phi) is 4.16. The molecule has 0 spiro atoms. The van der Waals surface area contributed by atoms with E-state index in [1.807, 2.05) is 28.8 Å². The largest absolute Gasteiger partial charge is 0.481 e. The molecule has 0 aliphatic carbocycles. The standard InChI is InChI=1S/C17H23N3O2/c1-12-6-5-7-13(2)20(12)11-15-14(10-17(21)22)18-16-8-3-4-9-19(15)16/h3-4,8-9,12-13H,5-7,10-11H2,1-2H3,(H,21,22). The summed E-state index contributed by atoms with van der Waals surface area (Å²) in [5, 5.41) is 9.16. The maximum atomic E-state index is 11.2. The Balaban J connectivity index is 1.98. The summed E-state index contributed by atoms with van der Waals surface area (Å²) in [4.78, 5) is 18.2. The fourth-order valence-electron chi connectivity index (χ4n) is 3.51. The second kappa shape index (κ2) is 6.08. The van der Waals surface area contributed by atoms with Crippen molar-refractivity contribution in [3.63, 3.8) is 0 Å². The van der Waals surface area contributed by atoms with Crippen LogP contribution in [-0.2, 0) is 17.8 Å². The van der Waals surface area contributed by atoms with Crippen molar-refractivity contribution in [2.45, 2.75) is 58.2 Å². The summed E-state index contributed by atoms with van der Waals surface area (Å²) >= 11 is 0. The van der Waals surface area contributed by atoms with Crippen molar-refractivity contribution in [2.24, 2.45) is 0 Å². The number of hydrogen-bond donors (Lipinski definition) is 1. The molecule has 2 atom stereocenters. The third kappa shape index (κ3) is 2.86. The van der Waals surface area contributed by atoms with Gasteiger partial charge in [-0.15, -0.1) is 0 Å². The number of pyridine rings is 1. The first-order valence-electron chi connectivity index (χ1n) is 7.98. The Morgan fingerprint density at radius 3 is 2.73 bits per heavy atom. The van der Waals surface area contributed by atoms with Crippen LogP contribution in [0, 0.1) is 0 Å². The van der Waals surface area contributed by atoms with Crippen molar-refractivity contribution >= 4 is 11.6 Å². The molecule has 3 heterocycles. The van der Waals surface area contributed by atoms with E-state index in [0.717, 1.165) is 17.9 Å². The zero-order chi connectivity index (χ0) is 15.7. The molecule has 2 unspecified atom stereocenters. The van der Waals surface area contributed by atoms with E-state index in [2.05, 4.69) is 23.7 Å². The number of imidazole rings is 1. The predicted molar refractivity (Wildman–Crippen MR) is 84.8 cm³/mol. The van der Waals surface area contributed by atoms with Crippen LogP contribution in [-0.4, -0.2) is 37.4 Å². The number of carboxylic acid groups (broad SMARTS) is 1. The maximum absolute atomic E-state index is 11.2. The minimum Gasteiger partial charge on any atom is -0.481 e. The number of likely N-dealkylation sites (tertiary alicyclic amines) is 1. The first-order valence-corrected chi connectivity index (χ1v) is 7.98. The van der Waals surface area contributed by atoms with Gasteiger partial charge in [0.15, 0.2) is 0 Å². The Labute approximate surface area is 130 Å². The fraction of sp³-hybridized carbons (Fsp3) is 0.529. The maximum Gasteiger partial charge on any atom is 0.309 e. The highest BCUT2D eigenvalue weighted by Gasteiger charge is 2.27. The molecule has 0 amide bonds. The first kappa shape index (κ1) is 15.0. The van der Waals surface area contributed by atoms with Crippen LogP contribution < -0.4 is 0 Å². The van der Waals surface area contributed by atoms with Gasteiger partial charge < -0.3 is 9.51 Å². The SMILES string of the molecule is CC1CCCC(C)N1Cc1c(CC(=O)O)nc2ccccn12. The van der Waals surface area contributed by atoms with Crippen molar-refractivity contribution in [3.05, 3.63) is 35.8 Å². The summed E-state index contributed by atoms with van der Waals surface area (Å²) in [6.45, 7) is 5.28. The lowest BCUT2D eigenvalue weighted by molar-refractivity contribution is -0.136. The van der Waals surface area contributed by atoms with Crippen LogP contribution >= 0.6 is 0 Å². The molecule has 0 radical (unpaired) electrons.